The highest BCUT2D eigenvalue weighted by atomic mass is 16.7. The smallest absolute Gasteiger partial charge is 0.308 e. The third-order valence-electron chi connectivity index (χ3n) is 8.38. The van der Waals surface area contributed by atoms with E-state index >= 15 is 0 Å². The van der Waals surface area contributed by atoms with Crippen LogP contribution in [-0.2, 0) is 9.53 Å². The third kappa shape index (κ3) is 28.9. The summed E-state index contributed by atoms with van der Waals surface area (Å²) in [5.41, 5.74) is 0. The van der Waals surface area contributed by atoms with Crippen LogP contribution in [0, 0.1) is 5.92 Å². The monoisotopic (exact) mass is 569 g/mol. The Bertz CT molecular complexity index is 521. The summed E-state index contributed by atoms with van der Waals surface area (Å²) in [4.78, 5) is 12.2. The molecule has 0 spiro atoms. The molecule has 0 bridgehead atoms. The topological polar surface area (TPSA) is 66.8 Å². The minimum absolute atomic E-state index is 0.325. The summed E-state index contributed by atoms with van der Waals surface area (Å²) in [7, 11) is 0. The molecule has 1 atom stereocenters. The second kappa shape index (κ2) is 29.9. The number of rotatable bonds is 32. The van der Waals surface area contributed by atoms with E-state index < -0.39 is 12.4 Å². The normalized spacial score (nSPS) is 13.2. The zero-order valence-corrected chi connectivity index (χ0v) is 27.5. The van der Waals surface area contributed by atoms with Crippen LogP contribution in [0.2, 0.25) is 0 Å². The van der Waals surface area contributed by atoms with Crippen molar-refractivity contribution in [2.75, 3.05) is 6.61 Å². The molecule has 0 aliphatic rings. The lowest BCUT2D eigenvalue weighted by atomic mass is 10.0. The number of hydrogen-bond donors (Lipinski definition) is 2. The number of esters is 1. The van der Waals surface area contributed by atoms with Gasteiger partial charge in [-0.25, -0.2) is 0 Å². The highest BCUT2D eigenvalue weighted by Crippen LogP contribution is 2.20. The molecule has 4 heteroatoms. The number of hydrogen-bond acceptors (Lipinski definition) is 4. The van der Waals surface area contributed by atoms with Crippen molar-refractivity contribution in [3.63, 3.8) is 0 Å². The summed E-state index contributed by atoms with van der Waals surface area (Å²) >= 11 is 0. The van der Waals surface area contributed by atoms with Crippen molar-refractivity contribution in [1.82, 2.24) is 0 Å². The van der Waals surface area contributed by atoms with Crippen molar-refractivity contribution in [2.45, 2.75) is 213 Å². The lowest BCUT2D eigenvalue weighted by molar-refractivity contribution is -0.226. The second-order valence-corrected chi connectivity index (χ2v) is 13.1. The molecule has 0 amide bonds. The first-order valence-electron chi connectivity index (χ1n) is 18.0. The molecule has 0 aromatic rings. The van der Waals surface area contributed by atoms with Gasteiger partial charge in [-0.3, -0.25) is 4.79 Å². The Morgan fingerprint density at radius 2 is 0.925 bits per heavy atom. The molecule has 4 nitrogen and oxygen atoms in total. The molecule has 40 heavy (non-hydrogen) atoms. The molecule has 0 heterocycles. The first kappa shape index (κ1) is 39.4. The minimum Gasteiger partial charge on any atom is -0.431 e. The molecule has 240 valence electrons. The van der Waals surface area contributed by atoms with Gasteiger partial charge in [-0.15, -0.1) is 0 Å². The Labute approximate surface area is 250 Å². The molecule has 0 aromatic heterocycles. The molecule has 2 N–H and O–H groups in total. The fourth-order valence-electron chi connectivity index (χ4n) is 5.61. The highest BCUT2D eigenvalue weighted by molar-refractivity contribution is 5.69. The van der Waals surface area contributed by atoms with Gasteiger partial charge in [0.05, 0.1) is 0 Å². The van der Waals surface area contributed by atoms with E-state index in [0.717, 1.165) is 44.4 Å². The Balaban J connectivity index is 3.54. The Hall–Kier alpha value is -0.610. The molecule has 0 saturated carbocycles. The van der Waals surface area contributed by atoms with Crippen molar-refractivity contribution in [2.24, 2.45) is 5.92 Å². The minimum atomic E-state index is -1.71. The van der Waals surface area contributed by atoms with Crippen molar-refractivity contribution in [3.05, 3.63) is 0 Å². The number of ether oxygens (including phenoxy) is 1. The van der Waals surface area contributed by atoms with Gasteiger partial charge in [0.2, 0.25) is 5.79 Å². The van der Waals surface area contributed by atoms with Gasteiger partial charge in [0.15, 0.2) is 0 Å². The van der Waals surface area contributed by atoms with Crippen LogP contribution < -0.4 is 0 Å². The maximum absolute atomic E-state index is 12.2. The van der Waals surface area contributed by atoms with E-state index in [-0.39, 0.29) is 5.97 Å². The van der Waals surface area contributed by atoms with Crippen LogP contribution in [0.3, 0.4) is 0 Å². The predicted molar refractivity (Wildman–Crippen MR) is 173 cm³/mol. The van der Waals surface area contributed by atoms with E-state index in [4.69, 9.17) is 4.74 Å². The molecule has 0 rings (SSSR count). The zero-order valence-electron chi connectivity index (χ0n) is 27.5. The molecular weight excluding hydrogens is 496 g/mol. The van der Waals surface area contributed by atoms with Gasteiger partial charge in [-0.1, -0.05) is 181 Å². The van der Waals surface area contributed by atoms with Crippen molar-refractivity contribution in [1.29, 1.82) is 0 Å². The molecule has 0 aliphatic heterocycles. The molecular formula is C36H72O4. The van der Waals surface area contributed by atoms with E-state index in [2.05, 4.69) is 20.8 Å². The molecule has 0 fully saturated rings. The predicted octanol–water partition coefficient (Wildman–Crippen LogP) is 11.2. The average Bonchev–Trinajstić information content (AvgIpc) is 2.93. The summed E-state index contributed by atoms with van der Waals surface area (Å²) < 4.78 is 5.29. The van der Waals surface area contributed by atoms with Crippen molar-refractivity contribution < 1.29 is 19.7 Å². The first-order valence-corrected chi connectivity index (χ1v) is 18.0. The van der Waals surface area contributed by atoms with E-state index in [9.17, 15) is 15.0 Å². The van der Waals surface area contributed by atoms with Gasteiger partial charge in [0.1, 0.15) is 6.61 Å². The van der Waals surface area contributed by atoms with Crippen LogP contribution >= 0.6 is 0 Å². The number of carbonyl (C=O) groups excluding carboxylic acids is 1. The van der Waals surface area contributed by atoms with Gasteiger partial charge >= 0.3 is 5.97 Å². The fraction of sp³-hybridized carbons (Fsp3) is 0.972. The third-order valence-corrected chi connectivity index (χ3v) is 8.38. The summed E-state index contributed by atoms with van der Waals surface area (Å²) in [5, 5.41) is 20.1. The molecule has 0 aromatic carbocycles. The van der Waals surface area contributed by atoms with Gasteiger partial charge in [0, 0.05) is 12.8 Å². The standard InChI is InChI=1S/C36H72O4/c1-4-5-6-7-8-9-10-11-14-17-20-23-26-29-32-36(39,33-37)40-35(38)31-28-25-22-19-16-13-12-15-18-21-24-27-30-34(2)3/h34,37,39H,4-33H2,1-3H3. The summed E-state index contributed by atoms with van der Waals surface area (Å²) in [5.74, 6) is -1.24. The van der Waals surface area contributed by atoms with Crippen LogP contribution in [0.25, 0.3) is 0 Å². The molecule has 0 radical (unpaired) electrons. The summed E-state index contributed by atoms with van der Waals surface area (Å²) in [6.45, 7) is 6.37. The lowest BCUT2D eigenvalue weighted by Crippen LogP contribution is -2.38. The van der Waals surface area contributed by atoms with E-state index in [0.29, 0.717) is 12.8 Å². The zero-order chi connectivity index (χ0) is 29.6. The number of unbranched alkanes of at least 4 members (excludes halogenated alkanes) is 24. The van der Waals surface area contributed by atoms with Gasteiger partial charge in [-0.2, -0.15) is 0 Å². The quantitative estimate of drug-likeness (QED) is 0.0481. The first-order chi connectivity index (χ1) is 19.4. The van der Waals surface area contributed by atoms with E-state index in [1.807, 2.05) is 0 Å². The average molecular weight is 569 g/mol. The van der Waals surface area contributed by atoms with Crippen LogP contribution in [-0.4, -0.2) is 28.6 Å². The second-order valence-electron chi connectivity index (χ2n) is 13.1. The molecule has 0 saturated heterocycles. The number of aliphatic hydroxyl groups is 2. The fourth-order valence-corrected chi connectivity index (χ4v) is 5.61. The largest absolute Gasteiger partial charge is 0.431 e. The molecule has 1 unspecified atom stereocenters. The summed E-state index contributed by atoms with van der Waals surface area (Å²) in [6, 6.07) is 0. The highest BCUT2D eigenvalue weighted by Gasteiger charge is 2.29. The Morgan fingerprint density at radius 3 is 1.30 bits per heavy atom. The maximum atomic E-state index is 12.2. The van der Waals surface area contributed by atoms with Crippen molar-refractivity contribution >= 4 is 5.97 Å². The Kier molecular flexibility index (Phi) is 29.4. The SMILES string of the molecule is CCCCCCCCCCCCCCCCC(O)(CO)OC(=O)CCCCCCCCCCCCCCC(C)C. The Morgan fingerprint density at radius 1 is 0.575 bits per heavy atom. The molecule has 0 aliphatic carbocycles. The van der Waals surface area contributed by atoms with Crippen LogP contribution in [0.15, 0.2) is 0 Å². The maximum Gasteiger partial charge on any atom is 0.308 e. The van der Waals surface area contributed by atoms with Crippen LogP contribution in [0.5, 0.6) is 0 Å². The van der Waals surface area contributed by atoms with Crippen LogP contribution in [0.4, 0.5) is 0 Å². The number of carbonyl (C=O) groups is 1. The summed E-state index contributed by atoms with van der Waals surface area (Å²) in [6.07, 6.45) is 35.0. The number of aliphatic hydroxyl groups excluding tert-OH is 1. The van der Waals surface area contributed by atoms with Crippen LogP contribution in [0.1, 0.15) is 207 Å². The van der Waals surface area contributed by atoms with E-state index in [1.54, 1.807) is 0 Å². The van der Waals surface area contributed by atoms with Gasteiger partial charge in [-0.05, 0) is 18.8 Å². The lowest BCUT2D eigenvalue weighted by Gasteiger charge is -2.25. The van der Waals surface area contributed by atoms with Crippen molar-refractivity contribution in [3.8, 4) is 0 Å². The van der Waals surface area contributed by atoms with E-state index in [1.165, 1.54) is 135 Å². The van der Waals surface area contributed by atoms with Gasteiger partial charge in [0.25, 0.3) is 0 Å². The van der Waals surface area contributed by atoms with Gasteiger partial charge < -0.3 is 14.9 Å².